The maximum absolute atomic E-state index is 10.2. The van der Waals surface area contributed by atoms with E-state index in [9.17, 15) is 9.90 Å². The molecule has 160 valence electrons. The predicted octanol–water partition coefficient (Wildman–Crippen LogP) is 0.340. The number of phenols is 1. The summed E-state index contributed by atoms with van der Waals surface area (Å²) in [5, 5.41) is 28.1. The molecule has 1 aliphatic heterocycles. The van der Waals surface area contributed by atoms with Crippen LogP contribution in [0.3, 0.4) is 0 Å². The molecule has 1 aromatic heterocycles. The van der Waals surface area contributed by atoms with Gasteiger partial charge < -0.3 is 15.0 Å². The second kappa shape index (κ2) is 10.8. The van der Waals surface area contributed by atoms with Crippen molar-refractivity contribution in [2.24, 2.45) is 4.99 Å². The molecule has 2 heterocycles. The fourth-order valence-corrected chi connectivity index (χ4v) is 3.61. The summed E-state index contributed by atoms with van der Waals surface area (Å²) in [5.41, 5.74) is 3.84. The number of aromatic carboxylic acids is 1. The average Bonchev–Trinajstić information content (AvgIpc) is 3.07. The molecule has 0 aliphatic carbocycles. The molecular formula is C24H18ClN4NaO3. The van der Waals surface area contributed by atoms with Gasteiger partial charge in [0.05, 0.1) is 17.4 Å². The van der Waals surface area contributed by atoms with Crippen LogP contribution in [0, 0.1) is 6.92 Å². The van der Waals surface area contributed by atoms with E-state index in [4.69, 9.17) is 21.7 Å². The Morgan fingerprint density at radius 3 is 2.39 bits per heavy atom. The smallest absolute Gasteiger partial charge is 0.545 e. The number of benzene rings is 3. The number of aromatic hydroxyl groups is 1. The first-order chi connectivity index (χ1) is 15.5. The van der Waals surface area contributed by atoms with E-state index >= 15 is 0 Å². The number of aliphatic imine (C=N–C) groups is 1. The summed E-state index contributed by atoms with van der Waals surface area (Å²) in [6.45, 7) is 2.44. The number of hydrogen-bond donors (Lipinski definition) is 1. The standard InChI is InChI=1S/C17H13ClN4.C7H6O3.Na/c1-11-20-21-16-10-19-17(12-5-3-2-4-6-12)14-9-13(18)7-8-15(14)22(11)16;8-6-4-2-1-3-5(6)7(9)10;/h2-9H,10H2,1H3;1-4,8H,(H,9,10);/q;;+1/p-1. The van der Waals surface area contributed by atoms with Gasteiger partial charge in [0.25, 0.3) is 0 Å². The Kier molecular flexibility index (Phi) is 8.05. The van der Waals surface area contributed by atoms with Crippen LogP contribution in [-0.4, -0.2) is 31.6 Å². The zero-order valence-corrected chi connectivity index (χ0v) is 20.8. The molecule has 4 aromatic rings. The molecule has 9 heteroatoms. The maximum atomic E-state index is 10.2. The summed E-state index contributed by atoms with van der Waals surface area (Å²) in [5.74, 6) is 0.0655. The van der Waals surface area contributed by atoms with Crippen LogP contribution in [0.1, 0.15) is 33.1 Å². The quantitative estimate of drug-likeness (QED) is 0.427. The van der Waals surface area contributed by atoms with E-state index in [-0.39, 0.29) is 40.9 Å². The van der Waals surface area contributed by atoms with Gasteiger partial charge in [-0.1, -0.05) is 54.1 Å². The van der Waals surface area contributed by atoms with Gasteiger partial charge in [0, 0.05) is 21.7 Å². The van der Waals surface area contributed by atoms with E-state index in [2.05, 4.69) is 22.3 Å². The zero-order chi connectivity index (χ0) is 22.7. The molecule has 0 bridgehead atoms. The number of carbonyl (C=O) groups is 1. The van der Waals surface area contributed by atoms with Crippen molar-refractivity contribution in [3.05, 3.63) is 106 Å². The number of aryl methyl sites for hydroxylation is 1. The SMILES string of the molecule is Cc1nnc2n1-c1ccc(Cl)cc1C(c1ccccc1)=NC2.O=C([O-])c1ccccc1O.[Na+]. The van der Waals surface area contributed by atoms with Gasteiger partial charge in [-0.05, 0) is 37.3 Å². The molecule has 0 atom stereocenters. The van der Waals surface area contributed by atoms with Crippen LogP contribution in [0.4, 0.5) is 0 Å². The van der Waals surface area contributed by atoms with Gasteiger partial charge in [-0.2, -0.15) is 0 Å². The third kappa shape index (κ3) is 5.34. The summed E-state index contributed by atoms with van der Waals surface area (Å²) in [6, 6.07) is 21.6. The second-order valence-electron chi connectivity index (χ2n) is 7.00. The topological polar surface area (TPSA) is 103 Å². The Morgan fingerprint density at radius 1 is 1.03 bits per heavy atom. The summed E-state index contributed by atoms with van der Waals surface area (Å²) in [7, 11) is 0. The fraction of sp³-hybridized carbons (Fsp3) is 0.0833. The van der Waals surface area contributed by atoms with Crippen LogP contribution in [0.2, 0.25) is 5.02 Å². The molecule has 0 saturated heterocycles. The molecule has 0 unspecified atom stereocenters. The molecule has 0 amide bonds. The minimum absolute atomic E-state index is 0. The first kappa shape index (κ1) is 24.7. The van der Waals surface area contributed by atoms with Gasteiger partial charge in [-0.25, -0.2) is 0 Å². The minimum atomic E-state index is -1.36. The van der Waals surface area contributed by atoms with Crippen molar-refractivity contribution in [3.63, 3.8) is 0 Å². The van der Waals surface area contributed by atoms with Gasteiger partial charge in [-0.3, -0.25) is 9.56 Å². The van der Waals surface area contributed by atoms with Crippen molar-refractivity contribution < 1.29 is 44.6 Å². The van der Waals surface area contributed by atoms with E-state index in [1.54, 1.807) is 6.07 Å². The van der Waals surface area contributed by atoms with Crippen molar-refractivity contribution in [1.29, 1.82) is 0 Å². The third-order valence-electron chi connectivity index (χ3n) is 4.90. The Balaban J connectivity index is 0.000000237. The van der Waals surface area contributed by atoms with Gasteiger partial charge in [0.2, 0.25) is 0 Å². The summed E-state index contributed by atoms with van der Waals surface area (Å²) >= 11 is 6.23. The third-order valence-corrected chi connectivity index (χ3v) is 5.13. The van der Waals surface area contributed by atoms with E-state index < -0.39 is 5.97 Å². The Bertz CT molecular complexity index is 1320. The van der Waals surface area contributed by atoms with Crippen LogP contribution >= 0.6 is 11.6 Å². The van der Waals surface area contributed by atoms with Gasteiger partial charge in [0.15, 0.2) is 5.82 Å². The molecule has 7 nitrogen and oxygen atoms in total. The predicted molar refractivity (Wildman–Crippen MR) is 119 cm³/mol. The van der Waals surface area contributed by atoms with Crippen LogP contribution in [0.5, 0.6) is 5.75 Å². The Labute approximate surface area is 217 Å². The molecule has 0 radical (unpaired) electrons. The van der Waals surface area contributed by atoms with Crippen LogP contribution in [0.15, 0.2) is 77.8 Å². The van der Waals surface area contributed by atoms with E-state index in [1.807, 2.05) is 47.9 Å². The van der Waals surface area contributed by atoms with E-state index in [1.165, 1.54) is 18.2 Å². The largest absolute Gasteiger partial charge is 1.00 e. The number of aromatic nitrogens is 3. The minimum Gasteiger partial charge on any atom is -0.545 e. The van der Waals surface area contributed by atoms with Crippen molar-refractivity contribution in [2.45, 2.75) is 13.5 Å². The number of hydrogen-bond acceptors (Lipinski definition) is 6. The van der Waals surface area contributed by atoms with Crippen molar-refractivity contribution in [2.75, 3.05) is 0 Å². The normalized spacial score (nSPS) is 11.5. The summed E-state index contributed by atoms with van der Waals surface area (Å²) in [6.07, 6.45) is 0. The maximum Gasteiger partial charge on any atom is 1.00 e. The van der Waals surface area contributed by atoms with Crippen molar-refractivity contribution in [1.82, 2.24) is 14.8 Å². The molecule has 0 spiro atoms. The molecule has 1 aliphatic rings. The summed E-state index contributed by atoms with van der Waals surface area (Å²) < 4.78 is 2.05. The first-order valence-electron chi connectivity index (χ1n) is 9.76. The van der Waals surface area contributed by atoms with Crippen LogP contribution < -0.4 is 34.7 Å². The number of fused-ring (bicyclic) bond motifs is 3. The molecule has 3 aromatic carbocycles. The van der Waals surface area contributed by atoms with Crippen LogP contribution in [-0.2, 0) is 6.54 Å². The number of carboxylic acids is 1. The molecule has 0 fully saturated rings. The number of halogens is 1. The molecule has 0 saturated carbocycles. The summed E-state index contributed by atoms with van der Waals surface area (Å²) in [4.78, 5) is 14.9. The monoisotopic (exact) mass is 468 g/mol. The average molecular weight is 469 g/mol. The fourth-order valence-electron chi connectivity index (χ4n) is 3.44. The van der Waals surface area contributed by atoms with Crippen molar-refractivity contribution in [3.8, 4) is 11.4 Å². The first-order valence-corrected chi connectivity index (χ1v) is 10.1. The molecular weight excluding hydrogens is 451 g/mol. The number of carboxylic acid groups (broad SMARTS) is 1. The number of carbonyl (C=O) groups excluding carboxylic acids is 1. The number of rotatable bonds is 2. The van der Waals surface area contributed by atoms with Gasteiger partial charge in [0.1, 0.15) is 18.1 Å². The van der Waals surface area contributed by atoms with Crippen LogP contribution in [0.25, 0.3) is 5.69 Å². The van der Waals surface area contributed by atoms with Crippen molar-refractivity contribution >= 4 is 23.3 Å². The zero-order valence-electron chi connectivity index (χ0n) is 18.1. The number of para-hydroxylation sites is 1. The molecule has 33 heavy (non-hydrogen) atoms. The molecule has 1 N–H and O–H groups in total. The van der Waals surface area contributed by atoms with Gasteiger partial charge >= 0.3 is 29.6 Å². The van der Waals surface area contributed by atoms with E-state index in [0.29, 0.717) is 11.6 Å². The Morgan fingerprint density at radius 2 is 1.73 bits per heavy atom. The second-order valence-corrected chi connectivity index (χ2v) is 7.43. The Hall–Kier alpha value is -2.97. The molecule has 5 rings (SSSR count). The van der Waals surface area contributed by atoms with E-state index in [0.717, 1.165) is 34.2 Å². The van der Waals surface area contributed by atoms with Gasteiger partial charge in [-0.15, -0.1) is 10.2 Å². The number of nitrogens with zero attached hydrogens (tertiary/aromatic N) is 4.